The number of benzene rings is 2. The van der Waals surface area contributed by atoms with Crippen LogP contribution in [0.4, 0.5) is 0 Å². The van der Waals surface area contributed by atoms with E-state index in [4.69, 9.17) is 4.74 Å². The number of aromatic nitrogens is 3. The minimum absolute atomic E-state index is 0.129. The van der Waals surface area contributed by atoms with E-state index in [0.717, 1.165) is 33.5 Å². The summed E-state index contributed by atoms with van der Waals surface area (Å²) in [6.07, 6.45) is 0.648. The molecule has 0 aliphatic carbocycles. The Hall–Kier alpha value is -3.28. The van der Waals surface area contributed by atoms with E-state index >= 15 is 0 Å². The lowest BCUT2D eigenvalue weighted by Gasteiger charge is -2.02. The summed E-state index contributed by atoms with van der Waals surface area (Å²) >= 11 is 0. The van der Waals surface area contributed by atoms with E-state index < -0.39 is 0 Å². The highest BCUT2D eigenvalue weighted by Gasteiger charge is 2.10. The van der Waals surface area contributed by atoms with Gasteiger partial charge in [-0.2, -0.15) is 0 Å². The zero-order valence-electron chi connectivity index (χ0n) is 14.5. The van der Waals surface area contributed by atoms with Gasteiger partial charge in [-0.05, 0) is 37.3 Å². The molecule has 26 heavy (non-hydrogen) atoms. The maximum absolute atomic E-state index is 12.4. The van der Waals surface area contributed by atoms with Gasteiger partial charge in [0.2, 0.25) is 0 Å². The average molecular weight is 348 g/mol. The van der Waals surface area contributed by atoms with Crippen LogP contribution in [0.5, 0.6) is 5.75 Å². The van der Waals surface area contributed by atoms with E-state index in [0.29, 0.717) is 25.3 Å². The number of fused-ring (bicyclic) bond motifs is 2. The van der Waals surface area contributed by atoms with Gasteiger partial charge in [-0.15, -0.1) is 0 Å². The van der Waals surface area contributed by atoms with Crippen LogP contribution in [0, 0.1) is 0 Å². The zero-order valence-corrected chi connectivity index (χ0v) is 14.5. The Kier molecular flexibility index (Phi) is 4.31. The van der Waals surface area contributed by atoms with Crippen molar-refractivity contribution in [3.05, 3.63) is 60.0 Å². The molecule has 2 heterocycles. The van der Waals surface area contributed by atoms with Gasteiger partial charge < -0.3 is 20.0 Å². The smallest absolute Gasteiger partial charge is 0.267 e. The third-order valence-corrected chi connectivity index (χ3v) is 4.24. The Morgan fingerprint density at radius 2 is 2.00 bits per heavy atom. The number of ether oxygens (including phenoxy) is 1. The van der Waals surface area contributed by atoms with Crippen molar-refractivity contribution in [2.24, 2.45) is 0 Å². The highest BCUT2D eigenvalue weighted by molar-refractivity contribution is 5.98. The standard InChI is InChI=1S/C20H20N4O2/c1-2-26-14-8-7-13-11-18(22-17(13)12-14)20(25)21-10-9-19-23-15-5-3-4-6-16(15)24-19/h3-8,11-12,22H,2,9-10H2,1H3,(H,21,25)(H,23,24). The number of carbonyl (C=O) groups excluding carboxylic acids is 1. The number of hydrogen-bond acceptors (Lipinski definition) is 3. The number of nitrogens with one attached hydrogen (secondary N) is 3. The Balaban J connectivity index is 1.40. The highest BCUT2D eigenvalue weighted by Crippen LogP contribution is 2.21. The van der Waals surface area contributed by atoms with E-state index in [-0.39, 0.29) is 5.91 Å². The van der Waals surface area contributed by atoms with Gasteiger partial charge in [0, 0.05) is 29.9 Å². The number of para-hydroxylation sites is 2. The number of H-pyrrole nitrogens is 2. The topological polar surface area (TPSA) is 82.8 Å². The summed E-state index contributed by atoms with van der Waals surface area (Å²) in [7, 11) is 0. The molecule has 0 saturated carbocycles. The molecule has 4 aromatic rings. The predicted octanol–water partition coefficient (Wildman–Crippen LogP) is 3.42. The van der Waals surface area contributed by atoms with Crippen molar-refractivity contribution >= 4 is 27.8 Å². The summed E-state index contributed by atoms with van der Waals surface area (Å²) in [6, 6.07) is 15.5. The van der Waals surface area contributed by atoms with Crippen LogP contribution in [0.2, 0.25) is 0 Å². The van der Waals surface area contributed by atoms with Gasteiger partial charge in [0.1, 0.15) is 17.3 Å². The first-order valence-corrected chi connectivity index (χ1v) is 8.70. The van der Waals surface area contributed by atoms with Gasteiger partial charge in [-0.25, -0.2) is 4.98 Å². The number of nitrogens with zero attached hydrogens (tertiary/aromatic N) is 1. The fourth-order valence-corrected chi connectivity index (χ4v) is 3.00. The first-order valence-electron chi connectivity index (χ1n) is 8.70. The molecule has 6 heteroatoms. The van der Waals surface area contributed by atoms with Crippen LogP contribution in [-0.2, 0) is 6.42 Å². The van der Waals surface area contributed by atoms with Crippen molar-refractivity contribution in [2.75, 3.05) is 13.2 Å². The first kappa shape index (κ1) is 16.2. The molecule has 0 fully saturated rings. The number of aromatic amines is 2. The van der Waals surface area contributed by atoms with Crippen LogP contribution in [0.1, 0.15) is 23.2 Å². The molecule has 3 N–H and O–H groups in total. The molecular weight excluding hydrogens is 328 g/mol. The van der Waals surface area contributed by atoms with E-state index in [1.165, 1.54) is 0 Å². The van der Waals surface area contributed by atoms with Crippen molar-refractivity contribution in [1.29, 1.82) is 0 Å². The lowest BCUT2D eigenvalue weighted by atomic mass is 10.2. The maximum Gasteiger partial charge on any atom is 0.267 e. The summed E-state index contributed by atoms with van der Waals surface area (Å²) in [5, 5.41) is 3.91. The molecule has 0 radical (unpaired) electrons. The summed E-state index contributed by atoms with van der Waals surface area (Å²) < 4.78 is 5.49. The molecule has 0 saturated heterocycles. The summed E-state index contributed by atoms with van der Waals surface area (Å²) in [4.78, 5) is 23.3. The van der Waals surface area contributed by atoms with Crippen molar-refractivity contribution < 1.29 is 9.53 Å². The third kappa shape index (κ3) is 3.26. The molecular formula is C20H20N4O2. The molecule has 2 aromatic heterocycles. The zero-order chi connectivity index (χ0) is 17.9. The van der Waals surface area contributed by atoms with Crippen LogP contribution >= 0.6 is 0 Å². The van der Waals surface area contributed by atoms with Gasteiger partial charge in [0.15, 0.2) is 0 Å². The Bertz CT molecular complexity index is 1030. The van der Waals surface area contributed by atoms with Gasteiger partial charge in [-0.1, -0.05) is 12.1 Å². The molecule has 4 rings (SSSR count). The lowest BCUT2D eigenvalue weighted by Crippen LogP contribution is -2.26. The fraction of sp³-hybridized carbons (Fsp3) is 0.200. The second kappa shape index (κ2) is 6.92. The third-order valence-electron chi connectivity index (χ3n) is 4.24. The minimum atomic E-state index is -0.129. The molecule has 0 aliphatic heterocycles. The van der Waals surface area contributed by atoms with Gasteiger partial charge in [-0.3, -0.25) is 4.79 Å². The summed E-state index contributed by atoms with van der Waals surface area (Å²) in [6.45, 7) is 3.07. The minimum Gasteiger partial charge on any atom is -0.494 e. The molecule has 132 valence electrons. The SMILES string of the molecule is CCOc1ccc2cc(C(=O)NCCc3nc4ccccc4[nH]3)[nH]c2c1. The van der Waals surface area contributed by atoms with E-state index in [9.17, 15) is 4.79 Å². The molecule has 6 nitrogen and oxygen atoms in total. The maximum atomic E-state index is 12.4. The van der Waals surface area contributed by atoms with Crippen LogP contribution in [-0.4, -0.2) is 34.0 Å². The van der Waals surface area contributed by atoms with E-state index in [1.807, 2.05) is 55.5 Å². The molecule has 0 spiro atoms. The number of amides is 1. The number of imidazole rings is 1. The Labute approximate surface area is 150 Å². The number of hydrogen-bond donors (Lipinski definition) is 3. The summed E-state index contributed by atoms with van der Waals surface area (Å²) in [5.41, 5.74) is 3.38. The fourth-order valence-electron chi connectivity index (χ4n) is 3.00. The molecule has 1 amide bonds. The van der Waals surface area contributed by atoms with Crippen molar-refractivity contribution in [2.45, 2.75) is 13.3 Å². The molecule has 0 unspecified atom stereocenters. The molecule has 0 atom stereocenters. The highest BCUT2D eigenvalue weighted by atomic mass is 16.5. The molecule has 0 aliphatic rings. The lowest BCUT2D eigenvalue weighted by molar-refractivity contribution is 0.0950. The van der Waals surface area contributed by atoms with Gasteiger partial charge in [0.05, 0.1) is 17.6 Å². The molecule has 2 aromatic carbocycles. The van der Waals surface area contributed by atoms with Crippen LogP contribution in [0.3, 0.4) is 0 Å². The van der Waals surface area contributed by atoms with E-state index in [1.54, 1.807) is 0 Å². The van der Waals surface area contributed by atoms with Crippen LogP contribution in [0.25, 0.3) is 21.9 Å². The number of carbonyl (C=O) groups is 1. The second-order valence-electron chi connectivity index (χ2n) is 6.07. The number of rotatable bonds is 6. The quantitative estimate of drug-likeness (QED) is 0.499. The monoisotopic (exact) mass is 348 g/mol. The van der Waals surface area contributed by atoms with Crippen LogP contribution in [0.15, 0.2) is 48.5 Å². The normalized spacial score (nSPS) is 11.1. The average Bonchev–Trinajstić information content (AvgIpc) is 3.25. The van der Waals surface area contributed by atoms with Gasteiger partial charge >= 0.3 is 0 Å². The summed E-state index contributed by atoms with van der Waals surface area (Å²) in [5.74, 6) is 1.53. The second-order valence-corrected chi connectivity index (χ2v) is 6.07. The molecule has 0 bridgehead atoms. The van der Waals surface area contributed by atoms with Crippen molar-refractivity contribution in [1.82, 2.24) is 20.3 Å². The largest absolute Gasteiger partial charge is 0.494 e. The Morgan fingerprint density at radius 1 is 1.12 bits per heavy atom. The predicted molar refractivity (Wildman–Crippen MR) is 102 cm³/mol. The first-order chi connectivity index (χ1) is 12.7. The van der Waals surface area contributed by atoms with Crippen molar-refractivity contribution in [3.8, 4) is 5.75 Å². The van der Waals surface area contributed by atoms with Gasteiger partial charge in [0.25, 0.3) is 5.91 Å². The van der Waals surface area contributed by atoms with Crippen molar-refractivity contribution in [3.63, 3.8) is 0 Å². The Morgan fingerprint density at radius 3 is 2.85 bits per heavy atom. The van der Waals surface area contributed by atoms with Crippen LogP contribution < -0.4 is 10.1 Å². The van der Waals surface area contributed by atoms with E-state index in [2.05, 4.69) is 20.3 Å².